The van der Waals surface area contributed by atoms with E-state index < -0.39 is 5.82 Å². The standard InChI is InChI=1S/C17H25FN2O2/c1-12(2)20-9-8-19(10-14(20)4)16(21)11-22-15-7-5-6-13(3)17(15)18/h5-7,12,14H,8-11H2,1-4H3. The molecule has 1 aromatic rings. The summed E-state index contributed by atoms with van der Waals surface area (Å²) in [7, 11) is 0. The van der Waals surface area contributed by atoms with E-state index in [1.165, 1.54) is 0 Å². The summed E-state index contributed by atoms with van der Waals surface area (Å²) >= 11 is 0. The molecule has 4 nitrogen and oxygen atoms in total. The van der Waals surface area contributed by atoms with Gasteiger partial charge in [-0.15, -0.1) is 0 Å². The molecule has 0 saturated carbocycles. The molecule has 0 aromatic heterocycles. The molecule has 1 aliphatic rings. The van der Waals surface area contributed by atoms with Gasteiger partial charge in [0.2, 0.25) is 0 Å². The van der Waals surface area contributed by atoms with Crippen LogP contribution in [-0.4, -0.2) is 54.0 Å². The third-order valence-electron chi connectivity index (χ3n) is 4.20. The molecule has 0 radical (unpaired) electrons. The Morgan fingerprint density at radius 1 is 1.41 bits per heavy atom. The number of nitrogens with zero attached hydrogens (tertiary/aromatic N) is 2. The first kappa shape index (κ1) is 16.7. The van der Waals surface area contributed by atoms with Gasteiger partial charge in [-0.05, 0) is 39.3 Å². The molecule has 122 valence electrons. The molecule has 0 aliphatic carbocycles. The Kier molecular flexibility index (Phi) is 5.40. The van der Waals surface area contributed by atoms with E-state index in [2.05, 4.69) is 25.7 Å². The van der Waals surface area contributed by atoms with Crippen LogP contribution in [0.15, 0.2) is 18.2 Å². The first-order valence-electron chi connectivity index (χ1n) is 7.81. The molecule has 1 aliphatic heterocycles. The van der Waals surface area contributed by atoms with Crippen molar-refractivity contribution in [1.29, 1.82) is 0 Å². The minimum Gasteiger partial charge on any atom is -0.481 e. The highest BCUT2D eigenvalue weighted by Gasteiger charge is 2.28. The topological polar surface area (TPSA) is 32.8 Å². The van der Waals surface area contributed by atoms with Crippen LogP contribution in [0.2, 0.25) is 0 Å². The molecule has 2 rings (SSSR count). The maximum atomic E-state index is 13.8. The van der Waals surface area contributed by atoms with Crippen molar-refractivity contribution < 1.29 is 13.9 Å². The third-order valence-corrected chi connectivity index (χ3v) is 4.20. The summed E-state index contributed by atoms with van der Waals surface area (Å²) in [6, 6.07) is 5.76. The molecule has 0 spiro atoms. The molecule has 1 aromatic carbocycles. The van der Waals surface area contributed by atoms with Crippen LogP contribution in [0.4, 0.5) is 4.39 Å². The van der Waals surface area contributed by atoms with Crippen molar-refractivity contribution >= 4 is 5.91 Å². The lowest BCUT2D eigenvalue weighted by Crippen LogP contribution is -2.56. The van der Waals surface area contributed by atoms with Crippen molar-refractivity contribution in [2.75, 3.05) is 26.2 Å². The fourth-order valence-electron chi connectivity index (χ4n) is 2.93. The van der Waals surface area contributed by atoms with Gasteiger partial charge in [0.15, 0.2) is 18.2 Å². The van der Waals surface area contributed by atoms with Crippen molar-refractivity contribution in [3.8, 4) is 5.75 Å². The Morgan fingerprint density at radius 3 is 2.77 bits per heavy atom. The normalized spacial score (nSPS) is 19.5. The summed E-state index contributed by atoms with van der Waals surface area (Å²) in [6.45, 7) is 10.3. The molecular weight excluding hydrogens is 283 g/mol. The Labute approximate surface area is 131 Å². The van der Waals surface area contributed by atoms with E-state index >= 15 is 0 Å². The lowest BCUT2D eigenvalue weighted by atomic mass is 10.1. The van der Waals surface area contributed by atoms with Gasteiger partial charge in [-0.2, -0.15) is 0 Å². The predicted molar refractivity (Wildman–Crippen MR) is 84.5 cm³/mol. The van der Waals surface area contributed by atoms with E-state index in [9.17, 15) is 9.18 Å². The quantitative estimate of drug-likeness (QED) is 0.856. The lowest BCUT2D eigenvalue weighted by molar-refractivity contribution is -0.136. The zero-order chi connectivity index (χ0) is 16.3. The Bertz CT molecular complexity index is 533. The van der Waals surface area contributed by atoms with Gasteiger partial charge in [-0.25, -0.2) is 4.39 Å². The van der Waals surface area contributed by atoms with E-state index in [1.54, 1.807) is 30.0 Å². The van der Waals surface area contributed by atoms with Crippen LogP contribution in [0.5, 0.6) is 5.75 Å². The molecular formula is C17H25FN2O2. The second-order valence-corrected chi connectivity index (χ2v) is 6.20. The summed E-state index contributed by atoms with van der Waals surface area (Å²) in [5.41, 5.74) is 0.518. The molecule has 5 heteroatoms. The first-order chi connectivity index (χ1) is 10.4. The number of aryl methyl sites for hydroxylation is 1. The van der Waals surface area contributed by atoms with Gasteiger partial charge in [0, 0.05) is 31.7 Å². The number of ether oxygens (including phenoxy) is 1. The number of carbonyl (C=O) groups excluding carboxylic acids is 1. The van der Waals surface area contributed by atoms with Crippen molar-refractivity contribution in [2.24, 2.45) is 0 Å². The number of halogens is 1. The van der Waals surface area contributed by atoms with Crippen molar-refractivity contribution in [2.45, 2.75) is 39.8 Å². The Hall–Kier alpha value is -1.62. The predicted octanol–water partition coefficient (Wildman–Crippen LogP) is 2.45. The number of benzene rings is 1. The molecule has 1 atom stereocenters. The van der Waals surface area contributed by atoms with Gasteiger partial charge in [0.1, 0.15) is 0 Å². The summed E-state index contributed by atoms with van der Waals surface area (Å²) in [6.07, 6.45) is 0. The number of hydrogen-bond acceptors (Lipinski definition) is 3. The van der Waals surface area contributed by atoms with E-state index in [0.29, 0.717) is 30.7 Å². The molecule has 0 bridgehead atoms. The number of piperazine rings is 1. The van der Waals surface area contributed by atoms with Crippen LogP contribution in [0.3, 0.4) is 0 Å². The number of amides is 1. The smallest absolute Gasteiger partial charge is 0.260 e. The van der Waals surface area contributed by atoms with E-state index in [0.717, 1.165) is 6.54 Å². The van der Waals surface area contributed by atoms with Crippen molar-refractivity contribution in [1.82, 2.24) is 9.80 Å². The Morgan fingerprint density at radius 2 is 2.14 bits per heavy atom. The van der Waals surface area contributed by atoms with Gasteiger partial charge in [-0.1, -0.05) is 12.1 Å². The van der Waals surface area contributed by atoms with Crippen molar-refractivity contribution in [3.05, 3.63) is 29.6 Å². The van der Waals surface area contributed by atoms with E-state index in [-0.39, 0.29) is 18.3 Å². The summed E-state index contributed by atoms with van der Waals surface area (Å²) in [4.78, 5) is 16.4. The van der Waals surface area contributed by atoms with Crippen LogP contribution >= 0.6 is 0 Å². The summed E-state index contributed by atoms with van der Waals surface area (Å²) < 4.78 is 19.2. The molecule has 1 saturated heterocycles. The average molecular weight is 308 g/mol. The SMILES string of the molecule is Cc1cccc(OCC(=O)N2CCN(C(C)C)C(C)C2)c1F. The minimum atomic E-state index is -0.395. The zero-order valence-corrected chi connectivity index (χ0v) is 13.8. The molecule has 1 amide bonds. The van der Waals surface area contributed by atoms with Gasteiger partial charge < -0.3 is 9.64 Å². The van der Waals surface area contributed by atoms with Crippen LogP contribution < -0.4 is 4.74 Å². The number of rotatable bonds is 4. The first-order valence-corrected chi connectivity index (χ1v) is 7.81. The van der Waals surface area contributed by atoms with E-state index in [4.69, 9.17) is 4.74 Å². The maximum absolute atomic E-state index is 13.8. The molecule has 1 fully saturated rings. The summed E-state index contributed by atoms with van der Waals surface area (Å²) in [5.74, 6) is -0.341. The van der Waals surface area contributed by atoms with Gasteiger partial charge in [0.05, 0.1) is 0 Å². The molecule has 1 heterocycles. The molecule has 22 heavy (non-hydrogen) atoms. The van der Waals surface area contributed by atoms with Crippen LogP contribution in [-0.2, 0) is 4.79 Å². The zero-order valence-electron chi connectivity index (χ0n) is 13.8. The largest absolute Gasteiger partial charge is 0.481 e. The van der Waals surface area contributed by atoms with Gasteiger partial charge in [-0.3, -0.25) is 9.69 Å². The highest BCUT2D eigenvalue weighted by Crippen LogP contribution is 2.20. The maximum Gasteiger partial charge on any atom is 0.260 e. The van der Waals surface area contributed by atoms with Crippen LogP contribution in [0.1, 0.15) is 26.3 Å². The highest BCUT2D eigenvalue weighted by atomic mass is 19.1. The molecule has 0 N–H and O–H groups in total. The monoisotopic (exact) mass is 308 g/mol. The second kappa shape index (κ2) is 7.09. The van der Waals surface area contributed by atoms with E-state index in [1.807, 2.05) is 0 Å². The molecule has 1 unspecified atom stereocenters. The fraction of sp³-hybridized carbons (Fsp3) is 0.588. The fourth-order valence-corrected chi connectivity index (χ4v) is 2.93. The third kappa shape index (κ3) is 3.77. The van der Waals surface area contributed by atoms with Crippen LogP contribution in [0, 0.1) is 12.7 Å². The van der Waals surface area contributed by atoms with Crippen molar-refractivity contribution in [3.63, 3.8) is 0 Å². The number of hydrogen-bond donors (Lipinski definition) is 0. The average Bonchev–Trinajstić information content (AvgIpc) is 2.48. The Balaban J connectivity index is 1.89. The van der Waals surface area contributed by atoms with Crippen LogP contribution in [0.25, 0.3) is 0 Å². The van der Waals surface area contributed by atoms with Gasteiger partial charge >= 0.3 is 0 Å². The lowest BCUT2D eigenvalue weighted by Gasteiger charge is -2.42. The minimum absolute atomic E-state index is 0.0869. The number of carbonyl (C=O) groups is 1. The highest BCUT2D eigenvalue weighted by molar-refractivity contribution is 5.78. The van der Waals surface area contributed by atoms with Gasteiger partial charge in [0.25, 0.3) is 5.91 Å². The second-order valence-electron chi connectivity index (χ2n) is 6.20. The summed E-state index contributed by atoms with van der Waals surface area (Å²) in [5, 5.41) is 0.